The molecule has 1 atom stereocenters. The molecule has 0 aliphatic heterocycles. The minimum Gasteiger partial charge on any atom is -0.421 e. The van der Waals surface area contributed by atoms with Crippen molar-refractivity contribution >= 4 is 29.8 Å². The Morgan fingerprint density at radius 3 is 2.07 bits per heavy atom. The quantitative estimate of drug-likeness (QED) is 0.269. The Morgan fingerprint density at radius 2 is 1.59 bits per heavy atom. The van der Waals surface area contributed by atoms with Crippen LogP contribution in [-0.2, 0) is 21.1 Å². The predicted molar refractivity (Wildman–Crippen MR) is 112 cm³/mol. The molecule has 0 saturated heterocycles. The van der Waals surface area contributed by atoms with E-state index in [-0.39, 0.29) is 17.0 Å². The topological polar surface area (TPSA) is 59.3 Å². The zero-order chi connectivity index (χ0) is 19.9. The van der Waals surface area contributed by atoms with Crippen molar-refractivity contribution < 1.29 is 14.1 Å². The molecule has 0 bridgehead atoms. The van der Waals surface area contributed by atoms with Crippen molar-refractivity contribution in [3.8, 4) is 6.07 Å². The van der Waals surface area contributed by atoms with Gasteiger partial charge in [0.05, 0.1) is 12.2 Å². The standard InChI is InChI=1S/C21H22NO3PS/c1-16(2)15-24-26(3,27)19(14-22)20(17-10-6-4-7-11-17)25-21(23)18-12-8-5-9-13-18/h4-13,16H,15H2,1-3H3/b20-19-. The third kappa shape index (κ3) is 5.87. The van der Waals surface area contributed by atoms with Gasteiger partial charge >= 0.3 is 5.97 Å². The number of hydrogen-bond donors (Lipinski definition) is 0. The summed E-state index contributed by atoms with van der Waals surface area (Å²) in [6, 6.07) is 19.8. The summed E-state index contributed by atoms with van der Waals surface area (Å²) >= 11 is 5.65. The Bertz CT molecular complexity index is 902. The largest absolute Gasteiger partial charge is 0.421 e. The van der Waals surface area contributed by atoms with E-state index in [2.05, 4.69) is 6.07 Å². The number of allylic oxidation sites excluding steroid dienone is 1. The zero-order valence-electron chi connectivity index (χ0n) is 15.6. The molecule has 0 amide bonds. The number of benzene rings is 2. The minimum atomic E-state index is -2.65. The van der Waals surface area contributed by atoms with Gasteiger partial charge in [-0.3, -0.25) is 0 Å². The number of esters is 1. The van der Waals surface area contributed by atoms with Gasteiger partial charge in [-0.25, -0.2) is 4.79 Å². The summed E-state index contributed by atoms with van der Waals surface area (Å²) in [4.78, 5) is 12.6. The number of carbonyl (C=O) groups is 1. The van der Waals surface area contributed by atoms with E-state index in [4.69, 9.17) is 21.1 Å². The van der Waals surface area contributed by atoms with Gasteiger partial charge in [-0.15, -0.1) is 0 Å². The summed E-state index contributed by atoms with van der Waals surface area (Å²) in [5.41, 5.74) is 1.01. The highest BCUT2D eigenvalue weighted by molar-refractivity contribution is 8.14. The molecule has 0 N–H and O–H groups in total. The lowest BCUT2D eigenvalue weighted by Crippen LogP contribution is -2.08. The van der Waals surface area contributed by atoms with Crippen LogP contribution in [0.15, 0.2) is 66.0 Å². The van der Waals surface area contributed by atoms with Gasteiger partial charge in [-0.2, -0.15) is 5.26 Å². The second kappa shape index (κ2) is 9.62. The smallest absolute Gasteiger partial charge is 0.343 e. The highest BCUT2D eigenvalue weighted by Crippen LogP contribution is 2.54. The Morgan fingerprint density at radius 1 is 1.07 bits per heavy atom. The van der Waals surface area contributed by atoms with Crippen molar-refractivity contribution in [2.75, 3.05) is 13.3 Å². The molecule has 0 radical (unpaired) electrons. The zero-order valence-corrected chi connectivity index (χ0v) is 17.3. The molecular formula is C21H22NO3PS. The van der Waals surface area contributed by atoms with E-state index in [0.29, 0.717) is 17.7 Å². The fourth-order valence-corrected chi connectivity index (χ4v) is 4.23. The van der Waals surface area contributed by atoms with Gasteiger partial charge in [0.25, 0.3) is 0 Å². The number of ether oxygens (including phenoxy) is 1. The summed E-state index contributed by atoms with van der Waals surface area (Å²) in [6.07, 6.45) is -2.65. The van der Waals surface area contributed by atoms with Crippen LogP contribution in [0.2, 0.25) is 0 Å². The van der Waals surface area contributed by atoms with Gasteiger partial charge in [0.2, 0.25) is 0 Å². The predicted octanol–water partition coefficient (Wildman–Crippen LogP) is 5.43. The van der Waals surface area contributed by atoms with E-state index in [0.717, 1.165) is 0 Å². The molecule has 140 valence electrons. The Kier molecular flexibility index (Phi) is 7.50. The van der Waals surface area contributed by atoms with Crippen LogP contribution in [-0.4, -0.2) is 19.2 Å². The third-order valence-corrected chi connectivity index (χ3v) is 6.24. The first kappa shape index (κ1) is 21.1. The normalized spacial score (nSPS) is 14.0. The Labute approximate surface area is 165 Å². The van der Waals surface area contributed by atoms with Crippen molar-refractivity contribution in [2.45, 2.75) is 13.8 Å². The number of carbonyl (C=O) groups excluding carboxylic acids is 1. The minimum absolute atomic E-state index is 0.168. The second-order valence-electron chi connectivity index (χ2n) is 6.45. The van der Waals surface area contributed by atoms with Crippen LogP contribution in [0.25, 0.3) is 5.76 Å². The first-order chi connectivity index (χ1) is 12.8. The van der Waals surface area contributed by atoms with Gasteiger partial charge in [-0.05, 0) is 24.7 Å². The lowest BCUT2D eigenvalue weighted by molar-refractivity contribution is 0.0691. The van der Waals surface area contributed by atoms with Crippen LogP contribution >= 0.6 is 6.26 Å². The van der Waals surface area contributed by atoms with Crippen LogP contribution in [0, 0.1) is 17.2 Å². The molecule has 0 aliphatic carbocycles. The molecule has 0 heterocycles. The van der Waals surface area contributed by atoms with Crippen LogP contribution in [0.5, 0.6) is 0 Å². The Balaban J connectivity index is 2.50. The van der Waals surface area contributed by atoms with Gasteiger partial charge in [0.15, 0.2) is 5.76 Å². The molecule has 0 spiro atoms. The summed E-state index contributed by atoms with van der Waals surface area (Å²) < 4.78 is 11.6. The maximum atomic E-state index is 12.6. The highest BCUT2D eigenvalue weighted by atomic mass is 32.4. The monoisotopic (exact) mass is 399 g/mol. The van der Waals surface area contributed by atoms with E-state index >= 15 is 0 Å². The van der Waals surface area contributed by atoms with Crippen molar-refractivity contribution in [3.05, 3.63) is 77.1 Å². The van der Waals surface area contributed by atoms with Gasteiger partial charge < -0.3 is 9.26 Å². The van der Waals surface area contributed by atoms with Crippen molar-refractivity contribution in [2.24, 2.45) is 5.92 Å². The van der Waals surface area contributed by atoms with E-state index in [1.54, 1.807) is 43.1 Å². The third-order valence-electron chi connectivity index (χ3n) is 3.62. The fraction of sp³-hybridized carbons (Fsp3) is 0.238. The second-order valence-corrected chi connectivity index (χ2v) is 10.9. The SMILES string of the molecule is CC(C)COP(C)(=S)/C(C#N)=C(\OC(=O)c1ccccc1)c1ccccc1. The first-order valence-corrected chi connectivity index (χ1v) is 11.7. The summed E-state index contributed by atoms with van der Waals surface area (Å²) in [7, 11) is 0. The van der Waals surface area contributed by atoms with Crippen LogP contribution in [0.4, 0.5) is 0 Å². The molecule has 0 aromatic heterocycles. The van der Waals surface area contributed by atoms with Crippen molar-refractivity contribution in [1.29, 1.82) is 5.26 Å². The number of nitriles is 1. The summed E-state index contributed by atoms with van der Waals surface area (Å²) in [6.45, 7) is 6.20. The lowest BCUT2D eigenvalue weighted by atomic mass is 10.1. The van der Waals surface area contributed by atoms with E-state index < -0.39 is 12.2 Å². The molecule has 1 unspecified atom stereocenters. The molecular weight excluding hydrogens is 377 g/mol. The maximum Gasteiger partial charge on any atom is 0.343 e. The van der Waals surface area contributed by atoms with Gasteiger partial charge in [-0.1, -0.05) is 74.2 Å². The van der Waals surface area contributed by atoms with Crippen LogP contribution in [0.3, 0.4) is 0 Å². The highest BCUT2D eigenvalue weighted by Gasteiger charge is 2.26. The van der Waals surface area contributed by atoms with Gasteiger partial charge in [0, 0.05) is 5.56 Å². The van der Waals surface area contributed by atoms with Crippen molar-refractivity contribution in [1.82, 2.24) is 0 Å². The lowest BCUT2D eigenvalue weighted by Gasteiger charge is -2.21. The Hall–Kier alpha value is -2.25. The van der Waals surface area contributed by atoms with Gasteiger partial charge in [0.1, 0.15) is 17.6 Å². The average Bonchev–Trinajstić information content (AvgIpc) is 2.67. The number of hydrogen-bond acceptors (Lipinski definition) is 5. The van der Waals surface area contributed by atoms with E-state index in [9.17, 15) is 10.1 Å². The molecule has 4 nitrogen and oxygen atoms in total. The average molecular weight is 399 g/mol. The molecule has 2 aromatic carbocycles. The van der Waals surface area contributed by atoms with Crippen LogP contribution < -0.4 is 0 Å². The molecule has 2 rings (SSSR count). The number of nitrogens with zero attached hydrogens (tertiary/aromatic N) is 1. The molecule has 0 aliphatic rings. The molecule has 2 aromatic rings. The maximum absolute atomic E-state index is 12.6. The first-order valence-electron chi connectivity index (χ1n) is 8.54. The van der Waals surface area contributed by atoms with Crippen molar-refractivity contribution in [3.63, 3.8) is 0 Å². The molecule has 6 heteroatoms. The van der Waals surface area contributed by atoms with E-state index in [1.807, 2.05) is 38.1 Å². The van der Waals surface area contributed by atoms with Crippen LogP contribution in [0.1, 0.15) is 29.8 Å². The summed E-state index contributed by atoms with van der Waals surface area (Å²) in [5.74, 6) is -0.0955. The molecule has 0 fully saturated rings. The van der Waals surface area contributed by atoms with E-state index in [1.165, 1.54) is 0 Å². The number of rotatable bonds is 7. The molecule has 27 heavy (non-hydrogen) atoms. The summed E-state index contributed by atoms with van der Waals surface area (Å²) in [5, 5.41) is 10.0. The molecule has 0 saturated carbocycles. The fourth-order valence-electron chi connectivity index (χ4n) is 2.24.